The van der Waals surface area contributed by atoms with Crippen LogP contribution < -0.4 is 16.0 Å². The van der Waals surface area contributed by atoms with Gasteiger partial charge in [-0.25, -0.2) is 19.7 Å². The summed E-state index contributed by atoms with van der Waals surface area (Å²) in [6.07, 6.45) is 1.01. The molecular formula is C20H21N7O5S. The summed E-state index contributed by atoms with van der Waals surface area (Å²) in [7, 11) is 1.83. The van der Waals surface area contributed by atoms with Gasteiger partial charge in [0, 0.05) is 24.7 Å². The van der Waals surface area contributed by atoms with Crippen molar-refractivity contribution >= 4 is 52.9 Å². The predicted molar refractivity (Wildman–Crippen MR) is 121 cm³/mol. The van der Waals surface area contributed by atoms with Crippen molar-refractivity contribution in [3.05, 3.63) is 46.4 Å². The smallest absolute Gasteiger partial charge is 0.326 e. The number of aliphatic carboxylic acids is 2. The summed E-state index contributed by atoms with van der Waals surface area (Å²) in [5.74, 6) is -2.88. The normalized spacial score (nSPS) is 11.7. The zero-order chi connectivity index (χ0) is 24.1. The molecule has 2 aromatic heterocycles. The molecule has 0 spiro atoms. The lowest BCUT2D eigenvalue weighted by Gasteiger charge is -2.19. The third kappa shape index (κ3) is 5.98. The molecule has 12 nitrogen and oxygen atoms in total. The van der Waals surface area contributed by atoms with Crippen molar-refractivity contribution < 1.29 is 24.6 Å². The maximum absolute atomic E-state index is 12.4. The van der Waals surface area contributed by atoms with Crippen LogP contribution in [0, 0.1) is 4.64 Å². The van der Waals surface area contributed by atoms with Crippen LogP contribution in [0.1, 0.15) is 28.9 Å². The van der Waals surface area contributed by atoms with Crippen molar-refractivity contribution in [2.24, 2.45) is 0 Å². The maximum atomic E-state index is 12.4. The first kappa shape index (κ1) is 23.5. The Balaban J connectivity index is 1.68. The molecule has 33 heavy (non-hydrogen) atoms. The molecule has 3 aromatic rings. The first-order valence-corrected chi connectivity index (χ1v) is 10.1. The molecule has 1 aromatic carbocycles. The zero-order valence-electron chi connectivity index (χ0n) is 17.5. The largest absolute Gasteiger partial charge is 0.481 e. The lowest BCUT2D eigenvalue weighted by molar-refractivity contribution is -0.140. The molecule has 1 amide bonds. The Labute approximate surface area is 192 Å². The van der Waals surface area contributed by atoms with Crippen molar-refractivity contribution in [3.8, 4) is 0 Å². The topological polar surface area (TPSA) is 187 Å². The van der Waals surface area contributed by atoms with Crippen LogP contribution in [0.25, 0.3) is 11.2 Å². The number of anilines is 2. The third-order valence-electron chi connectivity index (χ3n) is 4.71. The van der Waals surface area contributed by atoms with Gasteiger partial charge in [0.1, 0.15) is 11.6 Å². The summed E-state index contributed by atoms with van der Waals surface area (Å²) in [5.41, 5.74) is 8.17. The number of hydrogen-bond acceptors (Lipinski definition) is 9. The van der Waals surface area contributed by atoms with Crippen LogP contribution in [0.15, 0.2) is 30.5 Å². The minimum atomic E-state index is -1.30. The van der Waals surface area contributed by atoms with Gasteiger partial charge >= 0.3 is 11.9 Å². The molecular weight excluding hydrogens is 450 g/mol. The predicted octanol–water partition coefficient (Wildman–Crippen LogP) is 1.35. The van der Waals surface area contributed by atoms with Crippen molar-refractivity contribution in [2.75, 3.05) is 17.7 Å². The van der Waals surface area contributed by atoms with Gasteiger partial charge < -0.3 is 31.1 Å². The first-order chi connectivity index (χ1) is 15.6. The number of nitrogens with two attached hydrogens (primary N) is 1. The molecule has 6 N–H and O–H groups in total. The Bertz CT molecular complexity index is 1260. The number of aromatic amines is 1. The van der Waals surface area contributed by atoms with E-state index in [1.54, 1.807) is 30.5 Å². The van der Waals surface area contributed by atoms with Gasteiger partial charge in [0.25, 0.3) is 5.91 Å². The van der Waals surface area contributed by atoms with Gasteiger partial charge in [-0.05, 0) is 30.7 Å². The van der Waals surface area contributed by atoms with E-state index in [-0.39, 0.29) is 29.0 Å². The number of amides is 1. The van der Waals surface area contributed by atoms with Gasteiger partial charge in [0.2, 0.25) is 5.95 Å². The minimum absolute atomic E-state index is 0.160. The van der Waals surface area contributed by atoms with Gasteiger partial charge in [-0.3, -0.25) is 9.59 Å². The molecule has 0 radical (unpaired) electrons. The number of nitrogens with zero attached hydrogens (tertiary/aromatic N) is 4. The van der Waals surface area contributed by atoms with Gasteiger partial charge in [0.05, 0.1) is 18.4 Å². The molecule has 2 heterocycles. The number of rotatable bonds is 9. The van der Waals surface area contributed by atoms with E-state index < -0.39 is 23.9 Å². The number of carbonyl (C=O) groups is 3. The highest BCUT2D eigenvalue weighted by atomic mass is 32.1. The molecule has 0 aliphatic heterocycles. The molecule has 0 aliphatic rings. The fourth-order valence-corrected chi connectivity index (χ4v) is 3.26. The summed E-state index contributed by atoms with van der Waals surface area (Å²) in [6.45, 7) is 0.393. The van der Waals surface area contributed by atoms with Crippen molar-refractivity contribution in [2.45, 2.75) is 25.4 Å². The lowest BCUT2D eigenvalue weighted by Crippen LogP contribution is -2.41. The lowest BCUT2D eigenvalue weighted by atomic mass is 10.1. The standard InChI is InChI=1S/C20H21N7O5S/c1-27(9-11-8-22-16-15(23-11)18(33)26-20(21)25-16)12-4-2-10(3-5-12)17(30)24-13(19(31)32)6-7-14(28)29/h2-5,8,13H,6-7,9H2,1H3,(H,24,30)(H,28,29)(H,31,32)(H3,21,22,25,26,33). The van der Waals surface area contributed by atoms with Gasteiger partial charge in [-0.2, -0.15) is 0 Å². The van der Waals surface area contributed by atoms with Crippen molar-refractivity contribution in [1.82, 2.24) is 25.3 Å². The van der Waals surface area contributed by atoms with Crippen LogP contribution in [0.5, 0.6) is 0 Å². The van der Waals surface area contributed by atoms with E-state index in [1.807, 2.05) is 11.9 Å². The van der Waals surface area contributed by atoms with Crippen LogP contribution in [0.2, 0.25) is 0 Å². The van der Waals surface area contributed by atoms with Crippen LogP contribution in [0.4, 0.5) is 11.6 Å². The van der Waals surface area contributed by atoms with Gasteiger partial charge in [-0.15, -0.1) is 0 Å². The first-order valence-electron chi connectivity index (χ1n) is 9.72. The fraction of sp³-hybridized carbons (Fsp3) is 0.250. The summed E-state index contributed by atoms with van der Waals surface area (Å²) in [5, 5.41) is 20.3. The molecule has 3 rings (SSSR count). The Hall–Kier alpha value is -4.13. The second-order valence-electron chi connectivity index (χ2n) is 7.19. The second-order valence-corrected chi connectivity index (χ2v) is 7.57. The van der Waals surface area contributed by atoms with Crippen LogP contribution >= 0.6 is 12.2 Å². The van der Waals surface area contributed by atoms with Crippen LogP contribution in [-0.4, -0.2) is 61.1 Å². The van der Waals surface area contributed by atoms with Crippen molar-refractivity contribution in [3.63, 3.8) is 0 Å². The summed E-state index contributed by atoms with van der Waals surface area (Å²) >= 11 is 5.19. The minimum Gasteiger partial charge on any atom is -0.481 e. The molecule has 0 bridgehead atoms. The zero-order valence-corrected chi connectivity index (χ0v) is 18.3. The average Bonchev–Trinajstić information content (AvgIpc) is 2.76. The number of nitrogen functional groups attached to an aromatic ring is 1. The summed E-state index contributed by atoms with van der Waals surface area (Å²) < 4.78 is 0.247. The SMILES string of the molecule is CN(Cc1cnc2[nH]c(N)nc(=S)c2n1)c1ccc(C(=O)NC(CCC(=O)O)C(=O)O)cc1. The van der Waals surface area contributed by atoms with E-state index in [1.165, 1.54) is 0 Å². The summed E-state index contributed by atoms with van der Waals surface area (Å²) in [4.78, 5) is 51.7. The van der Waals surface area contributed by atoms with Crippen LogP contribution in [-0.2, 0) is 16.1 Å². The Morgan fingerprint density at radius 1 is 1.21 bits per heavy atom. The number of aromatic nitrogens is 4. The quantitative estimate of drug-likeness (QED) is 0.283. The van der Waals surface area contributed by atoms with Gasteiger partial charge in [0.15, 0.2) is 10.3 Å². The molecule has 1 atom stereocenters. The third-order valence-corrected chi connectivity index (χ3v) is 5.00. The molecule has 0 saturated carbocycles. The van der Waals surface area contributed by atoms with E-state index in [2.05, 4.69) is 25.3 Å². The highest BCUT2D eigenvalue weighted by molar-refractivity contribution is 7.71. The molecule has 0 aliphatic carbocycles. The maximum Gasteiger partial charge on any atom is 0.326 e. The van der Waals surface area contributed by atoms with Crippen LogP contribution in [0.3, 0.4) is 0 Å². The fourth-order valence-electron chi connectivity index (χ4n) is 3.02. The number of fused-ring (bicyclic) bond motifs is 1. The Morgan fingerprint density at radius 2 is 1.91 bits per heavy atom. The van der Waals surface area contributed by atoms with Gasteiger partial charge in [-0.1, -0.05) is 12.2 Å². The summed E-state index contributed by atoms with van der Waals surface area (Å²) in [6, 6.07) is 5.20. The Morgan fingerprint density at radius 3 is 2.55 bits per heavy atom. The molecule has 1 unspecified atom stereocenters. The monoisotopic (exact) mass is 471 g/mol. The highest BCUT2D eigenvalue weighted by Gasteiger charge is 2.21. The number of hydrogen-bond donors (Lipinski definition) is 5. The van der Waals surface area contributed by atoms with E-state index in [9.17, 15) is 19.5 Å². The molecule has 0 saturated heterocycles. The second kappa shape index (κ2) is 9.99. The number of carbonyl (C=O) groups excluding carboxylic acids is 1. The van der Waals surface area contributed by atoms with E-state index in [0.717, 1.165) is 5.69 Å². The average molecular weight is 471 g/mol. The molecule has 0 fully saturated rings. The van der Waals surface area contributed by atoms with E-state index >= 15 is 0 Å². The number of nitrogens with one attached hydrogen (secondary N) is 2. The Kier molecular flexibility index (Phi) is 7.13. The number of H-pyrrole nitrogens is 1. The van der Waals surface area contributed by atoms with E-state index in [4.69, 9.17) is 23.1 Å². The highest BCUT2D eigenvalue weighted by Crippen LogP contribution is 2.17. The number of carboxylic acid groups (broad SMARTS) is 2. The number of carboxylic acids is 2. The number of benzene rings is 1. The molecule has 13 heteroatoms. The van der Waals surface area contributed by atoms with Crippen molar-refractivity contribution in [1.29, 1.82) is 0 Å². The van der Waals surface area contributed by atoms with E-state index in [0.29, 0.717) is 23.4 Å². The molecule has 172 valence electrons.